The molecule has 0 amide bonds. The molecule has 0 unspecified atom stereocenters. The predicted octanol–water partition coefficient (Wildman–Crippen LogP) is 4.28. The fraction of sp³-hybridized carbons (Fsp3) is 0.217. The molecule has 0 aliphatic carbocycles. The van der Waals surface area contributed by atoms with E-state index in [2.05, 4.69) is 20.6 Å². The fourth-order valence-corrected chi connectivity index (χ4v) is 2.73. The Labute approximate surface area is 175 Å². The molecule has 0 radical (unpaired) electrons. The summed E-state index contributed by atoms with van der Waals surface area (Å²) in [6.45, 7) is 3.83. The van der Waals surface area contributed by atoms with Gasteiger partial charge in [-0.2, -0.15) is 0 Å². The zero-order valence-electron chi connectivity index (χ0n) is 17.1. The molecule has 3 rings (SSSR count). The van der Waals surface area contributed by atoms with Crippen LogP contribution in [0.25, 0.3) is 0 Å². The van der Waals surface area contributed by atoms with Gasteiger partial charge in [-0.3, -0.25) is 0 Å². The Bertz CT molecular complexity index is 960. The van der Waals surface area contributed by atoms with Gasteiger partial charge in [-0.25, -0.2) is 14.4 Å². The number of rotatable bonds is 8. The maximum absolute atomic E-state index is 13.0. The first-order valence-electron chi connectivity index (χ1n) is 9.70. The Morgan fingerprint density at radius 3 is 2.53 bits per heavy atom. The number of pyridine rings is 1. The van der Waals surface area contributed by atoms with Crippen molar-refractivity contribution in [1.82, 2.24) is 15.6 Å². The second-order valence-electron chi connectivity index (χ2n) is 6.42. The lowest BCUT2D eigenvalue weighted by Gasteiger charge is -2.13. The van der Waals surface area contributed by atoms with Gasteiger partial charge in [-0.05, 0) is 42.8 Å². The standard InChI is InChI=1S/C23H25FN4O2/c1-3-25-23(28-16-18-6-4-5-7-21(18)29-2)27-15-17-8-13-22(26-14-17)30-20-11-9-19(24)10-12-20/h4-14H,3,15-16H2,1-2H3,(H2,25,27,28). The number of ether oxygens (including phenoxy) is 2. The van der Waals surface area contributed by atoms with E-state index in [1.807, 2.05) is 37.3 Å². The zero-order valence-corrected chi connectivity index (χ0v) is 17.1. The number of nitrogens with one attached hydrogen (secondary N) is 2. The van der Waals surface area contributed by atoms with Crippen molar-refractivity contribution in [3.63, 3.8) is 0 Å². The largest absolute Gasteiger partial charge is 0.496 e. The van der Waals surface area contributed by atoms with Crippen molar-refractivity contribution in [2.75, 3.05) is 13.7 Å². The summed E-state index contributed by atoms with van der Waals surface area (Å²) in [5.41, 5.74) is 1.99. The Morgan fingerprint density at radius 2 is 1.83 bits per heavy atom. The first kappa shape index (κ1) is 21.1. The van der Waals surface area contributed by atoms with Gasteiger partial charge in [0, 0.05) is 30.9 Å². The molecule has 0 aliphatic heterocycles. The summed E-state index contributed by atoms with van der Waals surface area (Å²) in [5.74, 6) is 2.20. The van der Waals surface area contributed by atoms with Gasteiger partial charge < -0.3 is 20.1 Å². The lowest BCUT2D eigenvalue weighted by atomic mass is 10.2. The highest BCUT2D eigenvalue weighted by Crippen LogP contribution is 2.20. The highest BCUT2D eigenvalue weighted by atomic mass is 19.1. The number of hydrogen-bond acceptors (Lipinski definition) is 4. The second kappa shape index (κ2) is 10.8. The Kier molecular flexibility index (Phi) is 7.60. The third-order valence-electron chi connectivity index (χ3n) is 4.24. The minimum absolute atomic E-state index is 0.306. The number of halogens is 1. The fourth-order valence-electron chi connectivity index (χ4n) is 2.73. The van der Waals surface area contributed by atoms with E-state index >= 15 is 0 Å². The first-order chi connectivity index (χ1) is 14.7. The average Bonchev–Trinajstić information content (AvgIpc) is 2.78. The summed E-state index contributed by atoms with van der Waals surface area (Å²) in [7, 11) is 1.66. The Balaban J connectivity index is 1.59. The highest BCUT2D eigenvalue weighted by molar-refractivity contribution is 5.79. The topological polar surface area (TPSA) is 67.8 Å². The minimum atomic E-state index is -0.306. The second-order valence-corrected chi connectivity index (χ2v) is 6.42. The van der Waals surface area contributed by atoms with Crippen LogP contribution in [0.5, 0.6) is 17.4 Å². The molecule has 0 saturated carbocycles. The number of guanidine groups is 1. The van der Waals surface area contributed by atoms with E-state index in [0.29, 0.717) is 30.7 Å². The summed E-state index contributed by atoms with van der Waals surface area (Å²) < 4.78 is 24.0. The molecule has 0 atom stereocenters. The van der Waals surface area contributed by atoms with Crippen molar-refractivity contribution in [2.24, 2.45) is 4.99 Å². The lowest BCUT2D eigenvalue weighted by Crippen LogP contribution is -2.36. The molecule has 0 bridgehead atoms. The molecule has 0 fully saturated rings. The smallest absolute Gasteiger partial charge is 0.219 e. The van der Waals surface area contributed by atoms with Gasteiger partial charge >= 0.3 is 0 Å². The van der Waals surface area contributed by atoms with E-state index in [4.69, 9.17) is 9.47 Å². The lowest BCUT2D eigenvalue weighted by molar-refractivity contribution is 0.409. The number of benzene rings is 2. The molecule has 6 nitrogen and oxygen atoms in total. The van der Waals surface area contributed by atoms with Gasteiger partial charge in [0.05, 0.1) is 13.7 Å². The normalized spacial score (nSPS) is 11.1. The number of methoxy groups -OCH3 is 1. The van der Waals surface area contributed by atoms with Gasteiger partial charge in [0.25, 0.3) is 0 Å². The maximum atomic E-state index is 13.0. The molecule has 3 aromatic rings. The van der Waals surface area contributed by atoms with Gasteiger partial charge in [0.15, 0.2) is 5.96 Å². The predicted molar refractivity (Wildman–Crippen MR) is 115 cm³/mol. The maximum Gasteiger partial charge on any atom is 0.219 e. The van der Waals surface area contributed by atoms with Crippen LogP contribution in [0.3, 0.4) is 0 Å². The molecular weight excluding hydrogens is 383 g/mol. The molecule has 0 saturated heterocycles. The van der Waals surface area contributed by atoms with Gasteiger partial charge in [0.1, 0.15) is 17.3 Å². The summed E-state index contributed by atoms with van der Waals surface area (Å²) in [6.07, 6.45) is 1.71. The summed E-state index contributed by atoms with van der Waals surface area (Å²) in [6, 6.07) is 17.3. The molecule has 1 heterocycles. The van der Waals surface area contributed by atoms with Crippen LogP contribution < -0.4 is 20.1 Å². The van der Waals surface area contributed by atoms with Gasteiger partial charge in [-0.15, -0.1) is 0 Å². The molecule has 156 valence electrons. The number of para-hydroxylation sites is 1. The van der Waals surface area contributed by atoms with Crippen LogP contribution >= 0.6 is 0 Å². The van der Waals surface area contributed by atoms with E-state index in [0.717, 1.165) is 23.4 Å². The van der Waals surface area contributed by atoms with Crippen LogP contribution in [0.2, 0.25) is 0 Å². The number of aliphatic imine (C=N–C) groups is 1. The average molecular weight is 408 g/mol. The number of nitrogens with zero attached hydrogens (tertiary/aromatic N) is 2. The van der Waals surface area contributed by atoms with Crippen LogP contribution in [0.1, 0.15) is 18.1 Å². The van der Waals surface area contributed by atoms with E-state index in [1.165, 1.54) is 12.1 Å². The minimum Gasteiger partial charge on any atom is -0.496 e. The van der Waals surface area contributed by atoms with Crippen molar-refractivity contribution in [3.8, 4) is 17.4 Å². The van der Waals surface area contributed by atoms with Crippen molar-refractivity contribution in [2.45, 2.75) is 20.0 Å². The van der Waals surface area contributed by atoms with E-state index in [1.54, 1.807) is 31.5 Å². The van der Waals surface area contributed by atoms with Gasteiger partial charge in [0.2, 0.25) is 5.88 Å². The highest BCUT2D eigenvalue weighted by Gasteiger charge is 2.04. The summed E-state index contributed by atoms with van der Waals surface area (Å²) >= 11 is 0. The monoisotopic (exact) mass is 408 g/mol. The number of hydrogen-bond donors (Lipinski definition) is 2. The molecule has 7 heteroatoms. The van der Waals surface area contributed by atoms with Crippen molar-refractivity contribution in [1.29, 1.82) is 0 Å². The molecular formula is C23H25FN4O2. The summed E-state index contributed by atoms with van der Waals surface area (Å²) in [5, 5.41) is 6.55. The van der Waals surface area contributed by atoms with Crippen molar-refractivity contribution < 1.29 is 13.9 Å². The van der Waals surface area contributed by atoms with Crippen molar-refractivity contribution in [3.05, 3.63) is 83.8 Å². The van der Waals surface area contributed by atoms with E-state index < -0.39 is 0 Å². The first-order valence-corrected chi connectivity index (χ1v) is 9.70. The van der Waals surface area contributed by atoms with Crippen LogP contribution in [0, 0.1) is 5.82 Å². The SMILES string of the molecule is CCNC(=NCc1ccc(Oc2ccc(F)cc2)nc1)NCc1ccccc1OC. The molecule has 30 heavy (non-hydrogen) atoms. The third kappa shape index (κ3) is 6.20. The molecule has 1 aromatic heterocycles. The Morgan fingerprint density at radius 1 is 1.03 bits per heavy atom. The van der Waals surface area contributed by atoms with Crippen molar-refractivity contribution >= 4 is 5.96 Å². The van der Waals surface area contributed by atoms with Gasteiger partial charge in [-0.1, -0.05) is 24.3 Å². The van der Waals surface area contributed by atoms with E-state index in [-0.39, 0.29) is 5.82 Å². The Hall–Kier alpha value is -3.61. The zero-order chi connectivity index (χ0) is 21.2. The quantitative estimate of drug-likeness (QED) is 0.430. The van der Waals surface area contributed by atoms with Crippen LogP contribution in [0.15, 0.2) is 71.9 Å². The molecule has 2 aromatic carbocycles. The van der Waals surface area contributed by atoms with E-state index in [9.17, 15) is 4.39 Å². The number of aromatic nitrogens is 1. The molecule has 0 aliphatic rings. The van der Waals surface area contributed by atoms with Crippen LogP contribution in [0.4, 0.5) is 4.39 Å². The third-order valence-corrected chi connectivity index (χ3v) is 4.24. The molecule has 2 N–H and O–H groups in total. The van der Waals surface area contributed by atoms with Crippen LogP contribution in [-0.4, -0.2) is 24.6 Å². The molecule has 0 spiro atoms. The summed E-state index contributed by atoms with van der Waals surface area (Å²) in [4.78, 5) is 8.90. The van der Waals surface area contributed by atoms with Crippen LogP contribution in [-0.2, 0) is 13.1 Å².